The molecule has 0 heterocycles. The van der Waals surface area contributed by atoms with Gasteiger partial charge in [0, 0.05) is 22.1 Å². The maximum Gasteiger partial charge on any atom is 0.250 e. The predicted molar refractivity (Wildman–Crippen MR) is 64.4 cm³/mol. The minimum atomic E-state index is 0.115. The lowest BCUT2D eigenvalue weighted by Crippen LogP contribution is -2.42. The zero-order valence-corrected chi connectivity index (χ0v) is 11.5. The van der Waals surface area contributed by atoms with Gasteiger partial charge in [0.1, 0.15) is 0 Å². The summed E-state index contributed by atoms with van der Waals surface area (Å²) in [7, 11) is 0. The summed E-state index contributed by atoms with van der Waals surface area (Å²) in [6.45, 7) is 11.9. The van der Waals surface area contributed by atoms with Gasteiger partial charge in [-0.3, -0.25) is 4.79 Å². The molecule has 14 heavy (non-hydrogen) atoms. The van der Waals surface area contributed by atoms with Gasteiger partial charge >= 0.3 is 0 Å². The molecule has 0 rings (SSSR count). The second-order valence-electron chi connectivity index (χ2n) is 4.06. The zero-order chi connectivity index (χ0) is 11.5. The fourth-order valence-electron chi connectivity index (χ4n) is 1.41. The molecule has 0 aromatic carbocycles. The van der Waals surface area contributed by atoms with Crippen molar-refractivity contribution in [3.8, 4) is 0 Å². The maximum absolute atomic E-state index is 12.0. The molecular formula is C11H20BrNO. The number of halogens is 1. The van der Waals surface area contributed by atoms with Crippen molar-refractivity contribution in [2.75, 3.05) is 0 Å². The van der Waals surface area contributed by atoms with Crippen LogP contribution in [0.15, 0.2) is 10.1 Å². The molecule has 0 radical (unpaired) electrons. The highest BCUT2D eigenvalue weighted by Gasteiger charge is 2.21. The van der Waals surface area contributed by atoms with Gasteiger partial charge < -0.3 is 4.90 Å². The number of allylic oxidation sites excluding steroid dienone is 1. The lowest BCUT2D eigenvalue weighted by molar-refractivity contribution is -0.130. The summed E-state index contributed by atoms with van der Waals surface area (Å²) in [4.78, 5) is 13.9. The molecule has 0 unspecified atom stereocenters. The fourth-order valence-corrected chi connectivity index (χ4v) is 1.58. The van der Waals surface area contributed by atoms with E-state index in [1.165, 1.54) is 0 Å². The summed E-state index contributed by atoms with van der Waals surface area (Å²) in [5.74, 6) is 0.115. The number of rotatable bonds is 3. The standard InChI is InChI=1S/C11H20BrNO/c1-7(2)13(8(3)4)11(14)9(5)10(6)12/h7-8H,1-6H3/b10-9-. The SMILES string of the molecule is C/C(Br)=C(\C)C(=O)N(C(C)C)C(C)C. The Labute approximate surface area is 95.5 Å². The molecule has 0 aliphatic rings. The van der Waals surface area contributed by atoms with Gasteiger partial charge in [-0.1, -0.05) is 15.9 Å². The van der Waals surface area contributed by atoms with Crippen LogP contribution in [0.5, 0.6) is 0 Å². The molecule has 2 nitrogen and oxygen atoms in total. The van der Waals surface area contributed by atoms with Crippen LogP contribution < -0.4 is 0 Å². The molecule has 0 saturated heterocycles. The van der Waals surface area contributed by atoms with E-state index in [9.17, 15) is 4.79 Å². The predicted octanol–water partition coefficient (Wildman–Crippen LogP) is 3.32. The van der Waals surface area contributed by atoms with E-state index < -0.39 is 0 Å². The second-order valence-corrected chi connectivity index (χ2v) is 5.25. The normalized spacial score (nSPS) is 13.2. The Morgan fingerprint density at radius 3 is 1.64 bits per heavy atom. The Morgan fingerprint density at radius 1 is 1.07 bits per heavy atom. The molecule has 0 aliphatic heterocycles. The van der Waals surface area contributed by atoms with Crippen molar-refractivity contribution >= 4 is 21.8 Å². The summed E-state index contributed by atoms with van der Waals surface area (Å²) in [5.41, 5.74) is 0.785. The van der Waals surface area contributed by atoms with Gasteiger partial charge in [0.15, 0.2) is 0 Å². The summed E-state index contributed by atoms with van der Waals surface area (Å²) in [6, 6.07) is 0.480. The van der Waals surface area contributed by atoms with Crippen LogP contribution in [0.25, 0.3) is 0 Å². The van der Waals surface area contributed by atoms with E-state index in [0.29, 0.717) is 0 Å². The Balaban J connectivity index is 4.89. The highest BCUT2D eigenvalue weighted by Crippen LogP contribution is 2.16. The molecule has 0 spiro atoms. The monoisotopic (exact) mass is 261 g/mol. The molecule has 0 N–H and O–H groups in total. The summed E-state index contributed by atoms with van der Waals surface area (Å²) >= 11 is 3.34. The van der Waals surface area contributed by atoms with Crippen LogP contribution in [0, 0.1) is 0 Å². The molecule has 1 amide bonds. The third-order valence-electron chi connectivity index (χ3n) is 2.18. The van der Waals surface area contributed by atoms with Crippen LogP contribution in [-0.4, -0.2) is 22.9 Å². The summed E-state index contributed by atoms with van der Waals surface area (Å²) in [6.07, 6.45) is 0. The van der Waals surface area contributed by atoms with E-state index >= 15 is 0 Å². The minimum absolute atomic E-state index is 0.115. The molecule has 0 aromatic heterocycles. The first-order chi connectivity index (χ1) is 6.29. The zero-order valence-electron chi connectivity index (χ0n) is 9.89. The van der Waals surface area contributed by atoms with E-state index in [2.05, 4.69) is 15.9 Å². The first-order valence-electron chi connectivity index (χ1n) is 4.94. The smallest absolute Gasteiger partial charge is 0.250 e. The van der Waals surface area contributed by atoms with Crippen LogP contribution in [0.3, 0.4) is 0 Å². The second kappa shape index (κ2) is 5.54. The van der Waals surface area contributed by atoms with Crippen molar-refractivity contribution < 1.29 is 4.79 Å². The van der Waals surface area contributed by atoms with Crippen molar-refractivity contribution in [1.29, 1.82) is 0 Å². The molecule has 0 aliphatic carbocycles. The number of carbonyl (C=O) groups excluding carboxylic acids is 1. The van der Waals surface area contributed by atoms with Crippen LogP contribution in [0.1, 0.15) is 41.5 Å². The third-order valence-corrected chi connectivity index (χ3v) is 2.78. The van der Waals surface area contributed by atoms with Gasteiger partial charge in [0.05, 0.1) is 0 Å². The Morgan fingerprint density at radius 2 is 1.43 bits per heavy atom. The Bertz CT molecular complexity index is 232. The average molecular weight is 262 g/mol. The fraction of sp³-hybridized carbons (Fsp3) is 0.727. The number of carbonyl (C=O) groups is 1. The molecule has 3 heteroatoms. The van der Waals surface area contributed by atoms with Gasteiger partial charge in [0.2, 0.25) is 0 Å². The quantitative estimate of drug-likeness (QED) is 0.714. The van der Waals surface area contributed by atoms with Gasteiger partial charge in [0.25, 0.3) is 5.91 Å². The largest absolute Gasteiger partial charge is 0.334 e. The molecule has 0 saturated carbocycles. The lowest BCUT2D eigenvalue weighted by Gasteiger charge is -2.31. The first kappa shape index (κ1) is 13.7. The van der Waals surface area contributed by atoms with Crippen molar-refractivity contribution in [2.24, 2.45) is 0 Å². The average Bonchev–Trinajstić information content (AvgIpc) is 2.01. The summed E-state index contributed by atoms with van der Waals surface area (Å²) in [5, 5.41) is 0. The minimum Gasteiger partial charge on any atom is -0.334 e. The van der Waals surface area contributed by atoms with Crippen LogP contribution in [-0.2, 0) is 4.79 Å². The number of nitrogens with zero attached hydrogens (tertiary/aromatic N) is 1. The van der Waals surface area contributed by atoms with E-state index in [4.69, 9.17) is 0 Å². The van der Waals surface area contributed by atoms with Gasteiger partial charge in [-0.2, -0.15) is 0 Å². The van der Waals surface area contributed by atoms with Crippen molar-refractivity contribution in [2.45, 2.75) is 53.6 Å². The van der Waals surface area contributed by atoms with Gasteiger partial charge in [-0.05, 0) is 41.5 Å². The number of hydrogen-bond donors (Lipinski definition) is 0. The topological polar surface area (TPSA) is 20.3 Å². The van der Waals surface area contributed by atoms with Crippen LogP contribution >= 0.6 is 15.9 Å². The Kier molecular flexibility index (Phi) is 5.42. The van der Waals surface area contributed by atoms with Crippen molar-refractivity contribution in [3.63, 3.8) is 0 Å². The number of amides is 1. The third kappa shape index (κ3) is 3.45. The highest BCUT2D eigenvalue weighted by atomic mass is 79.9. The molecule has 0 bridgehead atoms. The molecule has 0 aromatic rings. The van der Waals surface area contributed by atoms with Crippen LogP contribution in [0.2, 0.25) is 0 Å². The van der Waals surface area contributed by atoms with E-state index in [-0.39, 0.29) is 18.0 Å². The van der Waals surface area contributed by atoms with E-state index in [1.54, 1.807) is 0 Å². The molecular weight excluding hydrogens is 242 g/mol. The summed E-state index contributed by atoms with van der Waals surface area (Å²) < 4.78 is 0.911. The lowest BCUT2D eigenvalue weighted by atomic mass is 10.1. The molecule has 82 valence electrons. The first-order valence-corrected chi connectivity index (χ1v) is 5.74. The Hall–Kier alpha value is -0.310. The molecule has 0 atom stereocenters. The number of hydrogen-bond acceptors (Lipinski definition) is 1. The maximum atomic E-state index is 12.0. The highest BCUT2D eigenvalue weighted by molar-refractivity contribution is 9.11. The van der Waals surface area contributed by atoms with Gasteiger partial charge in [-0.25, -0.2) is 0 Å². The van der Waals surface area contributed by atoms with E-state index in [0.717, 1.165) is 10.1 Å². The van der Waals surface area contributed by atoms with Crippen molar-refractivity contribution in [1.82, 2.24) is 4.90 Å². The van der Waals surface area contributed by atoms with Crippen LogP contribution in [0.4, 0.5) is 0 Å². The molecule has 0 fully saturated rings. The van der Waals surface area contributed by atoms with Gasteiger partial charge in [-0.15, -0.1) is 0 Å². The van der Waals surface area contributed by atoms with Crippen molar-refractivity contribution in [3.05, 3.63) is 10.1 Å². The van der Waals surface area contributed by atoms with E-state index in [1.807, 2.05) is 46.4 Å².